The third kappa shape index (κ3) is 3.75. The number of ether oxygens (including phenoxy) is 1. The van der Waals surface area contributed by atoms with Crippen LogP contribution in [0.25, 0.3) is 0 Å². The minimum Gasteiger partial charge on any atom is -0.465 e. The number of imide groups is 1. The molecule has 1 N–H and O–H groups in total. The first-order chi connectivity index (χ1) is 10.0. The molecule has 2 rings (SSSR count). The summed E-state index contributed by atoms with van der Waals surface area (Å²) in [5.41, 5.74) is 1.76. The number of esters is 1. The van der Waals surface area contributed by atoms with Gasteiger partial charge in [0.25, 0.3) is 11.1 Å². The average molecular weight is 308 g/mol. The zero-order valence-electron chi connectivity index (χ0n) is 11.8. The van der Waals surface area contributed by atoms with Crippen LogP contribution in [0.15, 0.2) is 24.3 Å². The highest BCUT2D eigenvalue weighted by molar-refractivity contribution is 8.15. The van der Waals surface area contributed by atoms with E-state index in [0.29, 0.717) is 5.69 Å². The first kappa shape index (κ1) is 15.4. The maximum absolute atomic E-state index is 11.9. The fourth-order valence-corrected chi connectivity index (χ4v) is 2.80. The van der Waals surface area contributed by atoms with Crippen molar-refractivity contribution in [3.63, 3.8) is 0 Å². The molecule has 1 aliphatic rings. The number of hydrogen-bond acceptors (Lipinski definition) is 6. The van der Waals surface area contributed by atoms with Gasteiger partial charge in [-0.1, -0.05) is 17.7 Å². The standard InChI is InChI=1S/C14H16N2O4S/c1-3-20-11(17)8-16(10-6-4-9(2)5-7-10)13-12(18)15-14(19)21-13/h4-7,13H,3,8H2,1-2H3,(H,15,18,19)/t13-/m0/s1. The van der Waals surface area contributed by atoms with Gasteiger partial charge in [-0.3, -0.25) is 19.7 Å². The number of hydrogen-bond donors (Lipinski definition) is 1. The summed E-state index contributed by atoms with van der Waals surface area (Å²) >= 11 is 0.859. The van der Waals surface area contributed by atoms with Crippen molar-refractivity contribution >= 4 is 34.6 Å². The van der Waals surface area contributed by atoms with Crippen molar-refractivity contribution in [2.75, 3.05) is 18.1 Å². The normalized spacial score (nSPS) is 17.5. The van der Waals surface area contributed by atoms with E-state index in [2.05, 4.69) is 5.32 Å². The number of rotatable bonds is 5. The van der Waals surface area contributed by atoms with Gasteiger partial charge in [-0.2, -0.15) is 0 Å². The zero-order valence-corrected chi connectivity index (χ0v) is 12.6. The highest BCUT2D eigenvalue weighted by atomic mass is 32.2. The Morgan fingerprint density at radius 1 is 1.33 bits per heavy atom. The quantitative estimate of drug-likeness (QED) is 0.834. The first-order valence-corrected chi connectivity index (χ1v) is 7.39. The monoisotopic (exact) mass is 308 g/mol. The molecule has 0 bridgehead atoms. The average Bonchev–Trinajstić information content (AvgIpc) is 2.76. The fraction of sp³-hybridized carbons (Fsp3) is 0.357. The number of thioether (sulfide) groups is 1. The zero-order chi connectivity index (χ0) is 15.4. The lowest BCUT2D eigenvalue weighted by atomic mass is 10.2. The molecule has 0 saturated carbocycles. The van der Waals surface area contributed by atoms with Gasteiger partial charge in [0.15, 0.2) is 5.37 Å². The number of amides is 2. The van der Waals surface area contributed by atoms with Crippen molar-refractivity contribution in [2.24, 2.45) is 0 Å². The van der Waals surface area contributed by atoms with Gasteiger partial charge in [0, 0.05) is 5.69 Å². The maximum atomic E-state index is 11.9. The van der Waals surface area contributed by atoms with E-state index in [-0.39, 0.29) is 13.2 Å². The summed E-state index contributed by atoms with van der Waals surface area (Å²) in [6.45, 7) is 3.84. The molecule has 7 heteroatoms. The lowest BCUT2D eigenvalue weighted by Gasteiger charge is -2.27. The molecule has 1 fully saturated rings. The lowest BCUT2D eigenvalue weighted by molar-refractivity contribution is -0.141. The van der Waals surface area contributed by atoms with E-state index in [1.165, 1.54) is 0 Å². The largest absolute Gasteiger partial charge is 0.465 e. The lowest BCUT2D eigenvalue weighted by Crippen LogP contribution is -2.43. The number of carbonyl (C=O) groups excluding carboxylic acids is 3. The molecule has 2 amide bonds. The molecule has 0 aliphatic carbocycles. The highest BCUT2D eigenvalue weighted by Crippen LogP contribution is 2.28. The Balaban J connectivity index is 2.25. The summed E-state index contributed by atoms with van der Waals surface area (Å²) in [6.07, 6.45) is 0. The van der Waals surface area contributed by atoms with Crippen LogP contribution in [-0.4, -0.2) is 35.6 Å². The van der Waals surface area contributed by atoms with Crippen molar-refractivity contribution < 1.29 is 19.1 Å². The molecule has 1 aromatic carbocycles. The summed E-state index contributed by atoms with van der Waals surface area (Å²) < 4.78 is 4.93. The van der Waals surface area contributed by atoms with Crippen molar-refractivity contribution in [2.45, 2.75) is 19.2 Å². The van der Waals surface area contributed by atoms with Crippen molar-refractivity contribution in [1.82, 2.24) is 5.32 Å². The van der Waals surface area contributed by atoms with Crippen LogP contribution < -0.4 is 10.2 Å². The molecular weight excluding hydrogens is 292 g/mol. The summed E-state index contributed by atoms with van der Waals surface area (Å²) in [7, 11) is 0. The number of nitrogens with zero attached hydrogens (tertiary/aromatic N) is 1. The van der Waals surface area contributed by atoms with Gasteiger partial charge >= 0.3 is 5.97 Å². The van der Waals surface area contributed by atoms with Crippen LogP contribution in [-0.2, 0) is 14.3 Å². The summed E-state index contributed by atoms with van der Waals surface area (Å²) in [6, 6.07) is 7.38. The molecule has 1 atom stereocenters. The van der Waals surface area contributed by atoms with Crippen molar-refractivity contribution in [3.8, 4) is 0 Å². The summed E-state index contributed by atoms with van der Waals surface area (Å²) in [5.74, 6) is -0.860. The van der Waals surface area contributed by atoms with E-state index >= 15 is 0 Å². The Bertz CT molecular complexity index is 559. The molecule has 1 aliphatic heterocycles. The highest BCUT2D eigenvalue weighted by Gasteiger charge is 2.37. The molecule has 112 valence electrons. The predicted molar refractivity (Wildman–Crippen MR) is 80.1 cm³/mol. The van der Waals surface area contributed by atoms with Crippen LogP contribution in [0.4, 0.5) is 10.5 Å². The van der Waals surface area contributed by atoms with Crippen LogP contribution >= 0.6 is 11.8 Å². The van der Waals surface area contributed by atoms with Crippen LogP contribution in [0, 0.1) is 6.92 Å². The predicted octanol–water partition coefficient (Wildman–Crippen LogP) is 1.67. The van der Waals surface area contributed by atoms with Crippen LogP contribution in [0.2, 0.25) is 0 Å². The smallest absolute Gasteiger partial charge is 0.325 e. The second-order valence-electron chi connectivity index (χ2n) is 4.52. The van der Waals surface area contributed by atoms with Gasteiger partial charge < -0.3 is 9.64 Å². The maximum Gasteiger partial charge on any atom is 0.325 e. The Labute approximate surface area is 126 Å². The molecule has 0 unspecified atom stereocenters. The second kappa shape index (κ2) is 6.62. The Hall–Kier alpha value is -2.02. The Morgan fingerprint density at radius 3 is 2.52 bits per heavy atom. The van der Waals surface area contributed by atoms with E-state index in [9.17, 15) is 14.4 Å². The van der Waals surface area contributed by atoms with Crippen molar-refractivity contribution in [1.29, 1.82) is 0 Å². The van der Waals surface area contributed by atoms with Gasteiger partial charge in [0.1, 0.15) is 6.54 Å². The molecular formula is C14H16N2O4S. The minimum atomic E-state index is -0.760. The van der Waals surface area contributed by atoms with Crippen molar-refractivity contribution in [3.05, 3.63) is 29.8 Å². The van der Waals surface area contributed by atoms with Gasteiger partial charge in [-0.05, 0) is 37.7 Å². The number of aryl methyl sites for hydroxylation is 1. The molecule has 1 aromatic rings. The van der Waals surface area contributed by atoms with Crippen LogP contribution in [0.3, 0.4) is 0 Å². The minimum absolute atomic E-state index is 0.0880. The van der Waals surface area contributed by atoms with Gasteiger partial charge in [-0.15, -0.1) is 0 Å². The molecule has 1 saturated heterocycles. The van der Waals surface area contributed by atoms with E-state index < -0.39 is 22.5 Å². The topological polar surface area (TPSA) is 75.7 Å². The number of nitrogens with one attached hydrogen (secondary N) is 1. The van der Waals surface area contributed by atoms with Crippen LogP contribution in [0.5, 0.6) is 0 Å². The fourth-order valence-electron chi connectivity index (χ4n) is 1.94. The van der Waals surface area contributed by atoms with E-state index in [1.807, 2.05) is 31.2 Å². The number of benzene rings is 1. The molecule has 0 spiro atoms. The van der Waals surface area contributed by atoms with Gasteiger partial charge in [-0.25, -0.2) is 0 Å². The number of carbonyl (C=O) groups is 3. The molecule has 6 nitrogen and oxygen atoms in total. The van der Waals surface area contributed by atoms with Gasteiger partial charge in [0.2, 0.25) is 0 Å². The molecule has 21 heavy (non-hydrogen) atoms. The Morgan fingerprint density at radius 2 is 2.00 bits per heavy atom. The van der Waals surface area contributed by atoms with Crippen LogP contribution in [0.1, 0.15) is 12.5 Å². The van der Waals surface area contributed by atoms with E-state index in [4.69, 9.17) is 4.74 Å². The second-order valence-corrected chi connectivity index (χ2v) is 5.57. The molecule has 0 aromatic heterocycles. The molecule has 0 radical (unpaired) electrons. The molecule has 1 heterocycles. The first-order valence-electron chi connectivity index (χ1n) is 6.51. The third-order valence-corrected chi connectivity index (χ3v) is 3.93. The Kier molecular flexibility index (Phi) is 4.85. The van der Waals surface area contributed by atoms with E-state index in [1.54, 1.807) is 11.8 Å². The third-order valence-electron chi connectivity index (χ3n) is 2.92. The summed E-state index contributed by atoms with van der Waals surface area (Å²) in [5, 5.41) is 1.05. The number of anilines is 1. The van der Waals surface area contributed by atoms with E-state index in [0.717, 1.165) is 17.3 Å². The summed E-state index contributed by atoms with van der Waals surface area (Å²) in [4.78, 5) is 36.5. The van der Waals surface area contributed by atoms with Gasteiger partial charge in [0.05, 0.1) is 6.61 Å². The SMILES string of the molecule is CCOC(=O)CN(c1ccc(C)cc1)[C@H]1SC(=O)NC1=O.